The molecule has 1 aromatic rings. The molecule has 58 valence electrons. The van der Waals surface area contributed by atoms with Crippen LogP contribution in [0, 0.1) is 0 Å². The van der Waals surface area contributed by atoms with Crippen LogP contribution in [0.25, 0.3) is 0 Å². The smallest absolute Gasteiger partial charge is 0.242 e. The number of aliphatic imine (C=N–C) groups is 1. The third kappa shape index (κ3) is 1.50. The molecule has 1 rings (SSSR count). The number of isocyanates is 1. The van der Waals surface area contributed by atoms with E-state index in [9.17, 15) is 4.79 Å². The van der Waals surface area contributed by atoms with E-state index in [-0.39, 0.29) is 11.7 Å². The Hall–Kier alpha value is -1.48. The average Bonchev–Trinajstić information content (AvgIpc) is 2.36. The van der Waals surface area contributed by atoms with Crippen molar-refractivity contribution in [1.29, 1.82) is 0 Å². The van der Waals surface area contributed by atoms with E-state index >= 15 is 0 Å². The molecule has 0 saturated heterocycles. The molecule has 1 aromatic heterocycles. The molecule has 0 aliphatic rings. The summed E-state index contributed by atoms with van der Waals surface area (Å²) in [6, 6.07) is 0. The van der Waals surface area contributed by atoms with Gasteiger partial charge in [-0.2, -0.15) is 0 Å². The van der Waals surface area contributed by atoms with Gasteiger partial charge < -0.3 is 0 Å². The van der Waals surface area contributed by atoms with Gasteiger partial charge >= 0.3 is 0 Å². The van der Waals surface area contributed by atoms with Gasteiger partial charge in [0.05, 0.1) is 0 Å². The van der Waals surface area contributed by atoms with Crippen LogP contribution >= 0.6 is 0 Å². The van der Waals surface area contributed by atoms with E-state index < -0.39 is 0 Å². The summed E-state index contributed by atoms with van der Waals surface area (Å²) in [5.74, 6) is 0.364. The molecule has 0 radical (unpaired) electrons. The molecule has 5 heteroatoms. The lowest BCUT2D eigenvalue weighted by Crippen LogP contribution is -1.86. The van der Waals surface area contributed by atoms with Crippen molar-refractivity contribution in [3.63, 3.8) is 0 Å². The first kappa shape index (κ1) is 7.63. The van der Waals surface area contributed by atoms with E-state index in [1.54, 1.807) is 0 Å². The molecule has 0 bridgehead atoms. The zero-order valence-electron chi connectivity index (χ0n) is 6.24. The van der Waals surface area contributed by atoms with Crippen LogP contribution in [0.3, 0.4) is 0 Å². The summed E-state index contributed by atoms with van der Waals surface area (Å²) in [5, 5.41) is 6.99. The Balaban J connectivity index is 3.05. The number of hydrogen-bond acceptors (Lipinski definition) is 5. The highest BCUT2D eigenvalue weighted by Gasteiger charge is 2.11. The molecule has 0 fully saturated rings. The van der Waals surface area contributed by atoms with Crippen LogP contribution in [-0.4, -0.2) is 16.4 Å². The van der Waals surface area contributed by atoms with Crippen molar-refractivity contribution in [2.75, 3.05) is 0 Å². The van der Waals surface area contributed by atoms with Crippen molar-refractivity contribution in [3.05, 3.63) is 5.69 Å². The van der Waals surface area contributed by atoms with Gasteiger partial charge in [0.25, 0.3) is 0 Å². The summed E-state index contributed by atoms with van der Waals surface area (Å²) in [6.07, 6.45) is 1.38. The minimum absolute atomic E-state index is 0.147. The van der Waals surface area contributed by atoms with E-state index in [1.807, 2.05) is 13.8 Å². The van der Waals surface area contributed by atoms with Gasteiger partial charge in [0.1, 0.15) is 5.69 Å². The van der Waals surface area contributed by atoms with Gasteiger partial charge in [-0.05, 0) is 5.16 Å². The summed E-state index contributed by atoms with van der Waals surface area (Å²) in [7, 11) is 0. The molecule has 0 unspecified atom stereocenters. The number of aromatic nitrogens is 2. The lowest BCUT2D eigenvalue weighted by atomic mass is 10.1. The molecule has 1 heterocycles. The Kier molecular flexibility index (Phi) is 2.13. The first-order chi connectivity index (χ1) is 5.25. The first-order valence-electron chi connectivity index (χ1n) is 3.16. The van der Waals surface area contributed by atoms with Gasteiger partial charge in [-0.1, -0.05) is 19.0 Å². The number of carbonyl (C=O) groups excluding carboxylic acids is 1. The molecule has 11 heavy (non-hydrogen) atoms. The summed E-state index contributed by atoms with van der Waals surface area (Å²) in [5.41, 5.74) is 0.577. The largest absolute Gasteiger partial charge is 0.242 e. The molecular formula is C6H7N3O2. The van der Waals surface area contributed by atoms with E-state index in [2.05, 4.69) is 19.9 Å². The minimum atomic E-state index is 0.147. The fourth-order valence-corrected chi connectivity index (χ4v) is 0.675. The van der Waals surface area contributed by atoms with E-state index in [1.165, 1.54) is 6.08 Å². The van der Waals surface area contributed by atoms with Crippen LogP contribution in [0.5, 0.6) is 0 Å². The van der Waals surface area contributed by atoms with Gasteiger partial charge in [0.2, 0.25) is 11.9 Å². The molecule has 0 saturated carbocycles. The highest BCUT2D eigenvalue weighted by atomic mass is 16.6. The van der Waals surface area contributed by atoms with Crippen LogP contribution in [0.1, 0.15) is 25.5 Å². The van der Waals surface area contributed by atoms with Crippen molar-refractivity contribution in [2.45, 2.75) is 19.8 Å². The van der Waals surface area contributed by atoms with Crippen molar-refractivity contribution < 1.29 is 9.42 Å². The van der Waals surface area contributed by atoms with Gasteiger partial charge in [-0.25, -0.2) is 9.42 Å². The maximum Gasteiger partial charge on any atom is 0.242 e. The fourth-order valence-electron chi connectivity index (χ4n) is 0.675. The summed E-state index contributed by atoms with van der Waals surface area (Å²) in [4.78, 5) is 13.2. The predicted octanol–water partition coefficient (Wildman–Crippen LogP) is 1.16. The van der Waals surface area contributed by atoms with Crippen molar-refractivity contribution in [1.82, 2.24) is 10.3 Å². The maximum atomic E-state index is 9.85. The average molecular weight is 153 g/mol. The van der Waals surface area contributed by atoms with Crippen LogP contribution in [-0.2, 0) is 4.79 Å². The highest BCUT2D eigenvalue weighted by molar-refractivity contribution is 5.46. The first-order valence-corrected chi connectivity index (χ1v) is 3.16. The number of hydrogen-bond donors (Lipinski definition) is 0. The van der Waals surface area contributed by atoms with E-state index in [0.717, 1.165) is 0 Å². The van der Waals surface area contributed by atoms with Crippen LogP contribution in [0.2, 0.25) is 0 Å². The summed E-state index contributed by atoms with van der Waals surface area (Å²) < 4.78 is 4.39. The Morgan fingerprint density at radius 1 is 1.55 bits per heavy atom. The highest BCUT2D eigenvalue weighted by Crippen LogP contribution is 2.21. The standard InChI is InChI=1S/C6H7N3O2/c1-4(2)5-6(7-3-10)9-11-8-5/h4H,1-2H3. The van der Waals surface area contributed by atoms with E-state index in [0.29, 0.717) is 5.69 Å². The molecule has 0 aliphatic carbocycles. The molecule has 0 aliphatic heterocycles. The molecule has 0 N–H and O–H groups in total. The SMILES string of the molecule is CC(C)c1nonc1N=C=O. The zero-order chi connectivity index (χ0) is 8.27. The molecule has 0 atom stereocenters. The Morgan fingerprint density at radius 2 is 2.27 bits per heavy atom. The lowest BCUT2D eigenvalue weighted by Gasteiger charge is -1.94. The second-order valence-electron chi connectivity index (χ2n) is 2.33. The van der Waals surface area contributed by atoms with Gasteiger partial charge in [-0.15, -0.1) is 4.99 Å². The number of rotatable bonds is 2. The Bertz CT molecular complexity index is 286. The van der Waals surface area contributed by atoms with E-state index in [4.69, 9.17) is 0 Å². The Labute approximate surface area is 63.1 Å². The summed E-state index contributed by atoms with van der Waals surface area (Å²) in [6.45, 7) is 3.81. The van der Waals surface area contributed by atoms with Crippen molar-refractivity contribution in [3.8, 4) is 0 Å². The van der Waals surface area contributed by atoms with Crippen molar-refractivity contribution in [2.24, 2.45) is 4.99 Å². The Morgan fingerprint density at radius 3 is 2.82 bits per heavy atom. The van der Waals surface area contributed by atoms with Gasteiger partial charge in [-0.3, -0.25) is 0 Å². The van der Waals surface area contributed by atoms with Crippen LogP contribution in [0.15, 0.2) is 9.62 Å². The normalized spacial score (nSPS) is 9.73. The quantitative estimate of drug-likeness (QED) is 0.472. The topological polar surface area (TPSA) is 68.3 Å². The zero-order valence-corrected chi connectivity index (χ0v) is 6.24. The second kappa shape index (κ2) is 3.07. The van der Waals surface area contributed by atoms with Gasteiger partial charge in [0.15, 0.2) is 0 Å². The maximum absolute atomic E-state index is 9.85. The fraction of sp³-hybridized carbons (Fsp3) is 0.500. The molecule has 0 spiro atoms. The monoisotopic (exact) mass is 153 g/mol. The third-order valence-electron chi connectivity index (χ3n) is 1.19. The van der Waals surface area contributed by atoms with Crippen LogP contribution in [0.4, 0.5) is 5.82 Å². The molecular weight excluding hydrogens is 146 g/mol. The minimum Gasteiger partial charge on any atom is -0.242 e. The predicted molar refractivity (Wildman–Crippen MR) is 36.2 cm³/mol. The molecule has 0 aromatic carbocycles. The third-order valence-corrected chi connectivity index (χ3v) is 1.19. The van der Waals surface area contributed by atoms with Gasteiger partial charge in [0, 0.05) is 5.92 Å². The molecule has 5 nitrogen and oxygen atoms in total. The summed E-state index contributed by atoms with van der Waals surface area (Å²) >= 11 is 0. The molecule has 0 amide bonds. The second-order valence-corrected chi connectivity index (χ2v) is 2.33. The van der Waals surface area contributed by atoms with Crippen molar-refractivity contribution >= 4 is 11.9 Å². The lowest BCUT2D eigenvalue weighted by molar-refractivity contribution is 0.303. The number of nitrogens with zero attached hydrogens (tertiary/aromatic N) is 3. The van der Waals surface area contributed by atoms with Crippen LogP contribution < -0.4 is 0 Å².